The van der Waals surface area contributed by atoms with Crippen LogP contribution < -0.4 is 11.1 Å². The van der Waals surface area contributed by atoms with E-state index in [0.29, 0.717) is 18.0 Å². The smallest absolute Gasteiger partial charge is 0.353 e. The number of thiocarbonyl (C=S) groups is 1. The first-order chi connectivity index (χ1) is 11.5. The Hall–Kier alpha value is -1.90. The van der Waals surface area contributed by atoms with Gasteiger partial charge < -0.3 is 21.1 Å². The minimum absolute atomic E-state index is 0.152. The molecule has 8 heteroatoms. The molecule has 1 aromatic carbocycles. The Morgan fingerprint density at radius 2 is 2.08 bits per heavy atom. The number of nitrogens with zero attached hydrogens (tertiary/aromatic N) is 1. The van der Waals surface area contributed by atoms with Gasteiger partial charge in [0.25, 0.3) is 0 Å². The summed E-state index contributed by atoms with van der Waals surface area (Å²) in [6.45, 7) is 0.346. The first kappa shape index (κ1) is 16.9. The predicted octanol–water partition coefficient (Wildman–Crippen LogP) is 1.07. The van der Waals surface area contributed by atoms with Crippen LogP contribution in [0, 0.1) is 0 Å². The summed E-state index contributed by atoms with van der Waals surface area (Å²) in [6, 6.07) is 9.42. The van der Waals surface area contributed by atoms with Gasteiger partial charge in [-0.05, 0) is 18.5 Å². The van der Waals surface area contributed by atoms with Crippen LogP contribution in [0.15, 0.2) is 41.4 Å². The van der Waals surface area contributed by atoms with E-state index in [1.165, 1.54) is 11.8 Å². The Morgan fingerprint density at radius 3 is 2.71 bits per heavy atom. The molecular weight excluding hydrogens is 346 g/mol. The van der Waals surface area contributed by atoms with Crippen LogP contribution in [-0.4, -0.2) is 44.3 Å². The van der Waals surface area contributed by atoms with Crippen LogP contribution in [0.3, 0.4) is 0 Å². The van der Waals surface area contributed by atoms with Crippen LogP contribution in [0.2, 0.25) is 0 Å². The zero-order valence-corrected chi connectivity index (χ0v) is 14.4. The van der Waals surface area contributed by atoms with Gasteiger partial charge in [0.05, 0.1) is 6.42 Å². The van der Waals surface area contributed by atoms with Crippen molar-refractivity contribution in [2.24, 2.45) is 5.73 Å². The maximum Gasteiger partial charge on any atom is 0.353 e. The van der Waals surface area contributed by atoms with Crippen molar-refractivity contribution in [3.63, 3.8) is 0 Å². The highest BCUT2D eigenvalue weighted by molar-refractivity contribution is 8.03. The lowest BCUT2D eigenvalue weighted by molar-refractivity contribution is -0.134. The molecule has 4 N–H and O–H groups in total. The van der Waals surface area contributed by atoms with Gasteiger partial charge >= 0.3 is 5.97 Å². The number of thioether (sulfide) groups is 1. The van der Waals surface area contributed by atoms with Crippen molar-refractivity contribution in [1.82, 2.24) is 10.2 Å². The monoisotopic (exact) mass is 363 g/mol. The highest BCUT2D eigenvalue weighted by atomic mass is 32.2. The number of rotatable bonds is 6. The second-order valence-electron chi connectivity index (χ2n) is 5.69. The van der Waals surface area contributed by atoms with Gasteiger partial charge in [0, 0.05) is 5.41 Å². The lowest BCUT2D eigenvalue weighted by atomic mass is 9.84. The van der Waals surface area contributed by atoms with E-state index in [9.17, 15) is 14.7 Å². The molecule has 126 valence electrons. The van der Waals surface area contributed by atoms with E-state index in [4.69, 9.17) is 18.0 Å². The Balaban J connectivity index is 1.75. The second kappa shape index (κ2) is 6.54. The summed E-state index contributed by atoms with van der Waals surface area (Å²) in [4.78, 5) is 25.7. The summed E-state index contributed by atoms with van der Waals surface area (Å²) in [5.74, 6) is -1.18. The van der Waals surface area contributed by atoms with Crippen molar-refractivity contribution >= 4 is 40.8 Å². The average molecular weight is 363 g/mol. The summed E-state index contributed by atoms with van der Waals surface area (Å²) in [5.41, 5.74) is 6.01. The summed E-state index contributed by atoms with van der Waals surface area (Å²) < 4.78 is 0. The van der Waals surface area contributed by atoms with Crippen LogP contribution in [0.4, 0.5) is 0 Å². The molecule has 6 nitrogen and oxygen atoms in total. The zero-order chi connectivity index (χ0) is 17.3. The van der Waals surface area contributed by atoms with Crippen LogP contribution >= 0.6 is 24.0 Å². The number of carboxylic acids is 1. The van der Waals surface area contributed by atoms with E-state index in [1.54, 1.807) is 10.3 Å². The number of fused-ring (bicyclic) bond motifs is 1. The normalized spacial score (nSPS) is 24.9. The highest BCUT2D eigenvalue weighted by Crippen LogP contribution is 2.49. The number of carbonyl (C=O) groups is 2. The predicted molar refractivity (Wildman–Crippen MR) is 96.2 cm³/mol. The third kappa shape index (κ3) is 2.70. The van der Waals surface area contributed by atoms with Gasteiger partial charge in [-0.1, -0.05) is 42.5 Å². The minimum Gasteiger partial charge on any atom is -0.477 e. The number of carbonyl (C=O) groups excluding carboxylic acids is 1. The van der Waals surface area contributed by atoms with Crippen LogP contribution in [0.25, 0.3) is 0 Å². The van der Waals surface area contributed by atoms with E-state index < -0.39 is 11.5 Å². The molecule has 1 aromatic rings. The topological polar surface area (TPSA) is 95.7 Å². The van der Waals surface area contributed by atoms with Crippen LogP contribution in [0.1, 0.15) is 12.0 Å². The molecule has 1 amide bonds. The van der Waals surface area contributed by atoms with Gasteiger partial charge in [-0.25, -0.2) is 4.79 Å². The molecule has 2 heterocycles. The van der Waals surface area contributed by atoms with E-state index >= 15 is 0 Å². The molecule has 0 radical (unpaired) electrons. The Morgan fingerprint density at radius 1 is 1.38 bits per heavy atom. The molecule has 0 aromatic heterocycles. The fourth-order valence-corrected chi connectivity index (χ4v) is 4.99. The first-order valence-corrected chi connectivity index (χ1v) is 8.82. The molecule has 0 spiro atoms. The number of nitrogens with two attached hydrogens (primary N) is 1. The molecular formula is C16H17N3O3S2. The van der Waals surface area contributed by atoms with Crippen LogP contribution in [-0.2, 0) is 16.0 Å². The van der Waals surface area contributed by atoms with Crippen molar-refractivity contribution in [2.75, 3.05) is 6.54 Å². The summed E-state index contributed by atoms with van der Waals surface area (Å²) >= 11 is 6.79. The Bertz CT molecular complexity index is 723. The van der Waals surface area contributed by atoms with Gasteiger partial charge in [-0.3, -0.25) is 4.79 Å². The largest absolute Gasteiger partial charge is 0.477 e. The molecule has 0 aliphatic carbocycles. The standard InChI is InChI=1S/C16H17N3O3S2/c17-7-6-16(18-12(20)8-10-4-2-1-3-5-10)14(23)19-11(13(21)22)9-24-15(16)19/h1-5,9,15H,6-8,17H2,(H,18,20)(H,21,22)/t15-,16?/m0/s1. The summed E-state index contributed by atoms with van der Waals surface area (Å²) in [6.07, 6.45) is 0.716. The molecule has 2 atom stereocenters. The fourth-order valence-electron chi connectivity index (χ4n) is 3.04. The SMILES string of the molecule is NCCC1(NC(=O)Cc2ccccc2)C(=S)N2C(C(=O)O)=CS[C@H]21. The quantitative estimate of drug-likeness (QED) is 0.651. The van der Waals surface area contributed by atoms with Crippen molar-refractivity contribution < 1.29 is 14.7 Å². The third-order valence-corrected chi connectivity index (χ3v) is 5.94. The number of aliphatic carboxylic acids is 1. The number of hydrogen-bond donors (Lipinski definition) is 3. The molecule has 2 aliphatic rings. The molecule has 1 saturated heterocycles. The van der Waals surface area contributed by atoms with Gasteiger partial charge in [0.2, 0.25) is 5.91 Å². The maximum absolute atomic E-state index is 12.5. The van der Waals surface area contributed by atoms with Crippen molar-refractivity contribution in [3.8, 4) is 0 Å². The maximum atomic E-state index is 12.5. The molecule has 2 aliphatic heterocycles. The Labute approximate surface area is 149 Å². The van der Waals surface area contributed by atoms with E-state index in [-0.39, 0.29) is 23.4 Å². The summed E-state index contributed by atoms with van der Waals surface area (Å²) in [5, 5.41) is 13.6. The number of hydrogen-bond acceptors (Lipinski definition) is 5. The number of benzene rings is 1. The van der Waals surface area contributed by atoms with Gasteiger partial charge in [0.15, 0.2) is 0 Å². The van der Waals surface area contributed by atoms with E-state index in [2.05, 4.69) is 5.32 Å². The molecule has 3 rings (SSSR count). The third-order valence-electron chi connectivity index (χ3n) is 4.15. The molecule has 1 unspecified atom stereocenters. The number of amides is 1. The first-order valence-electron chi connectivity index (χ1n) is 7.47. The van der Waals surface area contributed by atoms with Gasteiger partial charge in [-0.15, -0.1) is 11.8 Å². The van der Waals surface area contributed by atoms with Crippen molar-refractivity contribution in [3.05, 3.63) is 47.0 Å². The van der Waals surface area contributed by atoms with Crippen molar-refractivity contribution in [2.45, 2.75) is 23.8 Å². The summed E-state index contributed by atoms with van der Waals surface area (Å²) in [7, 11) is 0. The number of carboxylic acid groups (broad SMARTS) is 1. The van der Waals surface area contributed by atoms with Gasteiger partial charge in [-0.2, -0.15) is 0 Å². The second-order valence-corrected chi connectivity index (χ2v) is 7.03. The van der Waals surface area contributed by atoms with Crippen LogP contribution in [0.5, 0.6) is 0 Å². The van der Waals surface area contributed by atoms with E-state index in [1.807, 2.05) is 30.3 Å². The molecule has 1 fully saturated rings. The molecule has 0 saturated carbocycles. The minimum atomic E-state index is -1.02. The Kier molecular flexibility index (Phi) is 4.62. The van der Waals surface area contributed by atoms with Gasteiger partial charge in [0.1, 0.15) is 21.6 Å². The molecule has 24 heavy (non-hydrogen) atoms. The highest BCUT2D eigenvalue weighted by Gasteiger charge is 2.62. The lowest BCUT2D eigenvalue weighted by Crippen LogP contribution is -2.77. The fraction of sp³-hybridized carbons (Fsp3) is 0.312. The zero-order valence-electron chi connectivity index (χ0n) is 12.8. The molecule has 0 bridgehead atoms. The number of nitrogens with one attached hydrogen (secondary N) is 1. The van der Waals surface area contributed by atoms with Crippen molar-refractivity contribution in [1.29, 1.82) is 0 Å². The average Bonchev–Trinajstić information content (AvgIpc) is 2.97. The lowest BCUT2D eigenvalue weighted by Gasteiger charge is -2.55. The van der Waals surface area contributed by atoms with E-state index in [0.717, 1.165) is 5.56 Å².